The molecule has 1 saturated carbocycles. The van der Waals surface area contributed by atoms with Gasteiger partial charge in [0.05, 0.1) is 11.4 Å². The van der Waals surface area contributed by atoms with Crippen molar-refractivity contribution in [1.29, 1.82) is 0 Å². The number of nitrogens with one attached hydrogen (secondary N) is 2. The number of carbonyl (C=O) groups is 1. The summed E-state index contributed by atoms with van der Waals surface area (Å²) in [7, 11) is 1.90. The number of aryl methyl sites for hydroxylation is 2. The highest BCUT2D eigenvalue weighted by atomic mass is 16.2. The highest BCUT2D eigenvalue weighted by Crippen LogP contribution is 2.26. The van der Waals surface area contributed by atoms with Crippen LogP contribution >= 0.6 is 0 Å². The van der Waals surface area contributed by atoms with Gasteiger partial charge in [0.25, 0.3) is 5.91 Å². The van der Waals surface area contributed by atoms with E-state index in [4.69, 9.17) is 5.73 Å². The van der Waals surface area contributed by atoms with Crippen LogP contribution in [-0.4, -0.2) is 38.5 Å². The Morgan fingerprint density at radius 1 is 1.48 bits per heavy atom. The smallest absolute Gasteiger partial charge is 0.269 e. The summed E-state index contributed by atoms with van der Waals surface area (Å²) in [5, 5.41) is 14.6. The van der Waals surface area contributed by atoms with Crippen molar-refractivity contribution in [3.05, 3.63) is 23.1 Å². The predicted molar refractivity (Wildman–Crippen MR) is 87.9 cm³/mol. The first-order valence-electron chi connectivity index (χ1n) is 8.08. The SMILES string of the molecule is Cc1nn(C)c(C)c1-c1cc(C(=O)NC2CCCC2CN)[nH]n1. The first-order valence-corrected chi connectivity index (χ1v) is 8.08. The number of amides is 1. The number of aromatic amines is 1. The van der Waals surface area contributed by atoms with Gasteiger partial charge in [-0.25, -0.2) is 0 Å². The Hall–Kier alpha value is -2.15. The van der Waals surface area contributed by atoms with E-state index in [1.165, 1.54) is 0 Å². The van der Waals surface area contributed by atoms with Crippen molar-refractivity contribution in [2.45, 2.75) is 39.2 Å². The van der Waals surface area contributed by atoms with Gasteiger partial charge in [0, 0.05) is 24.3 Å². The lowest BCUT2D eigenvalue weighted by Gasteiger charge is -2.18. The molecule has 1 fully saturated rings. The van der Waals surface area contributed by atoms with Crippen LogP contribution in [0.25, 0.3) is 11.3 Å². The van der Waals surface area contributed by atoms with Gasteiger partial charge < -0.3 is 11.1 Å². The average molecular weight is 316 g/mol. The fraction of sp³-hybridized carbons (Fsp3) is 0.562. The molecule has 0 aliphatic heterocycles. The van der Waals surface area contributed by atoms with Gasteiger partial charge in [-0.1, -0.05) is 6.42 Å². The second kappa shape index (κ2) is 6.16. The summed E-state index contributed by atoms with van der Waals surface area (Å²) in [5.41, 5.74) is 9.91. The molecule has 23 heavy (non-hydrogen) atoms. The van der Waals surface area contributed by atoms with Gasteiger partial charge in [-0.2, -0.15) is 10.2 Å². The maximum Gasteiger partial charge on any atom is 0.269 e. The first-order chi connectivity index (χ1) is 11.0. The molecule has 0 saturated heterocycles. The van der Waals surface area contributed by atoms with E-state index < -0.39 is 0 Å². The lowest BCUT2D eigenvalue weighted by atomic mass is 10.0. The molecule has 2 aromatic heterocycles. The minimum atomic E-state index is -0.117. The third kappa shape index (κ3) is 2.88. The molecular formula is C16H24N6O. The van der Waals surface area contributed by atoms with E-state index >= 15 is 0 Å². The minimum absolute atomic E-state index is 0.117. The van der Waals surface area contributed by atoms with Crippen molar-refractivity contribution < 1.29 is 4.79 Å². The molecule has 124 valence electrons. The van der Waals surface area contributed by atoms with Gasteiger partial charge in [-0.05, 0) is 45.2 Å². The Kier molecular flexibility index (Phi) is 4.21. The molecule has 1 amide bonds. The van der Waals surface area contributed by atoms with Crippen LogP contribution in [0.15, 0.2) is 6.07 Å². The van der Waals surface area contributed by atoms with Crippen LogP contribution in [0.3, 0.4) is 0 Å². The summed E-state index contributed by atoms with van der Waals surface area (Å²) in [6.45, 7) is 4.56. The number of hydrogen-bond donors (Lipinski definition) is 3. The number of H-pyrrole nitrogens is 1. The molecule has 0 radical (unpaired) electrons. The zero-order valence-corrected chi connectivity index (χ0v) is 13.9. The van der Waals surface area contributed by atoms with E-state index in [-0.39, 0.29) is 11.9 Å². The summed E-state index contributed by atoms with van der Waals surface area (Å²) in [6.07, 6.45) is 3.20. The van der Waals surface area contributed by atoms with Crippen LogP contribution < -0.4 is 11.1 Å². The van der Waals surface area contributed by atoms with Crippen LogP contribution in [0.5, 0.6) is 0 Å². The van der Waals surface area contributed by atoms with Crippen molar-refractivity contribution in [2.75, 3.05) is 6.54 Å². The zero-order valence-electron chi connectivity index (χ0n) is 13.9. The van der Waals surface area contributed by atoms with E-state index in [1.54, 1.807) is 6.07 Å². The molecule has 4 N–H and O–H groups in total. The monoisotopic (exact) mass is 316 g/mol. The highest BCUT2D eigenvalue weighted by Gasteiger charge is 2.28. The molecule has 2 atom stereocenters. The van der Waals surface area contributed by atoms with Gasteiger partial charge in [-0.3, -0.25) is 14.6 Å². The second-order valence-corrected chi connectivity index (χ2v) is 6.34. The molecule has 2 unspecified atom stereocenters. The van der Waals surface area contributed by atoms with Gasteiger partial charge >= 0.3 is 0 Å². The lowest BCUT2D eigenvalue weighted by molar-refractivity contribution is 0.0923. The first kappa shape index (κ1) is 15.7. The van der Waals surface area contributed by atoms with E-state index in [0.717, 1.165) is 41.9 Å². The topological polar surface area (TPSA) is 102 Å². The highest BCUT2D eigenvalue weighted by molar-refractivity contribution is 5.93. The van der Waals surface area contributed by atoms with Crippen LogP contribution in [-0.2, 0) is 7.05 Å². The minimum Gasteiger partial charge on any atom is -0.348 e. The van der Waals surface area contributed by atoms with Crippen molar-refractivity contribution in [1.82, 2.24) is 25.3 Å². The molecule has 7 nitrogen and oxygen atoms in total. The molecule has 1 aliphatic carbocycles. The Labute approximate surface area is 135 Å². The van der Waals surface area contributed by atoms with Crippen LogP contribution in [0, 0.1) is 19.8 Å². The Balaban J connectivity index is 1.77. The van der Waals surface area contributed by atoms with Crippen LogP contribution in [0.1, 0.15) is 41.1 Å². The largest absolute Gasteiger partial charge is 0.348 e. The zero-order chi connectivity index (χ0) is 16.6. The predicted octanol–water partition coefficient (Wildman–Crippen LogP) is 1.28. The van der Waals surface area contributed by atoms with Crippen LogP contribution in [0.2, 0.25) is 0 Å². The van der Waals surface area contributed by atoms with Crippen molar-refractivity contribution in [3.8, 4) is 11.3 Å². The van der Waals surface area contributed by atoms with Gasteiger partial charge in [0.1, 0.15) is 5.69 Å². The fourth-order valence-corrected chi connectivity index (χ4v) is 3.47. The van der Waals surface area contributed by atoms with Crippen molar-refractivity contribution in [3.63, 3.8) is 0 Å². The third-order valence-corrected chi connectivity index (χ3v) is 4.87. The number of aromatic nitrogens is 4. The summed E-state index contributed by atoms with van der Waals surface area (Å²) < 4.78 is 1.82. The van der Waals surface area contributed by atoms with Crippen molar-refractivity contribution >= 4 is 5.91 Å². The maximum absolute atomic E-state index is 12.4. The average Bonchev–Trinajstić information content (AvgIpc) is 3.20. The Bertz CT molecular complexity index is 716. The van der Waals surface area contributed by atoms with E-state index in [1.807, 2.05) is 25.6 Å². The number of rotatable bonds is 4. The Morgan fingerprint density at radius 3 is 2.91 bits per heavy atom. The quantitative estimate of drug-likeness (QED) is 0.791. The second-order valence-electron chi connectivity index (χ2n) is 6.34. The number of nitrogens with zero attached hydrogens (tertiary/aromatic N) is 3. The van der Waals surface area contributed by atoms with E-state index in [9.17, 15) is 4.79 Å². The maximum atomic E-state index is 12.4. The number of carbonyl (C=O) groups excluding carboxylic acids is 1. The molecule has 0 aromatic carbocycles. The summed E-state index contributed by atoms with van der Waals surface area (Å²) in [5.74, 6) is 0.262. The number of nitrogens with two attached hydrogens (primary N) is 1. The lowest BCUT2D eigenvalue weighted by Crippen LogP contribution is -2.40. The summed E-state index contributed by atoms with van der Waals surface area (Å²) in [4.78, 5) is 12.4. The standard InChI is InChI=1S/C16H24N6O/c1-9-15(10(2)22(3)21-9)13-7-14(20-19-13)16(23)18-12-6-4-5-11(12)8-17/h7,11-12H,4-6,8,17H2,1-3H3,(H,18,23)(H,19,20). The van der Waals surface area contributed by atoms with Gasteiger partial charge in [0.15, 0.2) is 0 Å². The molecule has 2 heterocycles. The van der Waals surface area contributed by atoms with E-state index in [2.05, 4.69) is 20.6 Å². The molecule has 0 bridgehead atoms. The molecule has 1 aliphatic rings. The molecule has 2 aromatic rings. The molecule has 7 heteroatoms. The van der Waals surface area contributed by atoms with Gasteiger partial charge in [-0.15, -0.1) is 0 Å². The van der Waals surface area contributed by atoms with Gasteiger partial charge in [0.2, 0.25) is 0 Å². The number of hydrogen-bond acceptors (Lipinski definition) is 4. The molecule has 0 spiro atoms. The third-order valence-electron chi connectivity index (χ3n) is 4.87. The molecular weight excluding hydrogens is 292 g/mol. The summed E-state index contributed by atoms with van der Waals surface area (Å²) in [6, 6.07) is 1.96. The van der Waals surface area contributed by atoms with E-state index in [0.29, 0.717) is 18.2 Å². The Morgan fingerprint density at radius 2 is 2.26 bits per heavy atom. The van der Waals surface area contributed by atoms with Crippen LogP contribution in [0.4, 0.5) is 0 Å². The van der Waals surface area contributed by atoms with Crippen molar-refractivity contribution in [2.24, 2.45) is 18.7 Å². The molecule has 3 rings (SSSR count). The summed E-state index contributed by atoms with van der Waals surface area (Å²) >= 11 is 0. The normalized spacial score (nSPS) is 20.9. The fourth-order valence-electron chi connectivity index (χ4n) is 3.47.